The predicted molar refractivity (Wildman–Crippen MR) is 72.2 cm³/mol. The van der Waals surface area contributed by atoms with Gasteiger partial charge < -0.3 is 10.4 Å². The second-order valence-corrected chi connectivity index (χ2v) is 4.36. The van der Waals surface area contributed by atoms with Crippen molar-refractivity contribution in [3.05, 3.63) is 58.6 Å². The maximum Gasteiger partial charge on any atom is 0.259 e. The Morgan fingerprint density at radius 3 is 2.61 bits per heavy atom. The molecule has 0 aromatic heterocycles. The highest BCUT2D eigenvalue weighted by Gasteiger charge is 2.11. The number of aromatic hydroxyl groups is 1. The van der Waals surface area contributed by atoms with Crippen molar-refractivity contribution in [2.45, 2.75) is 6.92 Å². The highest BCUT2D eigenvalue weighted by Crippen LogP contribution is 2.24. The largest absolute Gasteiger partial charge is 0.507 e. The molecule has 92 valence electrons. The van der Waals surface area contributed by atoms with Crippen LogP contribution in [0.25, 0.3) is 0 Å². The van der Waals surface area contributed by atoms with Gasteiger partial charge in [-0.15, -0.1) is 0 Å². The zero-order valence-corrected chi connectivity index (χ0v) is 10.5. The van der Waals surface area contributed by atoms with Gasteiger partial charge in [0.15, 0.2) is 0 Å². The number of benzene rings is 2. The minimum Gasteiger partial charge on any atom is -0.507 e. The Hall–Kier alpha value is -2.00. The number of halogens is 1. The quantitative estimate of drug-likeness (QED) is 0.868. The molecule has 2 rings (SSSR count). The van der Waals surface area contributed by atoms with Crippen LogP contribution in [0.2, 0.25) is 5.02 Å². The lowest BCUT2D eigenvalue weighted by molar-refractivity contribution is 0.102. The zero-order valence-electron chi connectivity index (χ0n) is 9.77. The summed E-state index contributed by atoms with van der Waals surface area (Å²) in [4.78, 5) is 11.9. The summed E-state index contributed by atoms with van der Waals surface area (Å²) >= 11 is 6.02. The number of para-hydroxylation sites is 1. The molecule has 4 heteroatoms. The lowest BCUT2D eigenvalue weighted by atomic mass is 10.1. The van der Waals surface area contributed by atoms with Crippen LogP contribution in [0.15, 0.2) is 42.5 Å². The molecule has 0 fully saturated rings. The number of hydrogen-bond donors (Lipinski definition) is 2. The summed E-state index contributed by atoms with van der Waals surface area (Å²) in [5, 5.41) is 12.7. The summed E-state index contributed by atoms with van der Waals surface area (Å²) in [5.74, 6) is -0.447. The number of rotatable bonds is 2. The fourth-order valence-electron chi connectivity index (χ4n) is 1.58. The average Bonchev–Trinajstić information content (AvgIpc) is 2.33. The number of carbonyl (C=O) groups is 1. The van der Waals surface area contributed by atoms with E-state index in [1.165, 1.54) is 6.07 Å². The fraction of sp³-hybridized carbons (Fsp3) is 0.0714. The Labute approximate surface area is 110 Å². The molecule has 0 radical (unpaired) electrons. The van der Waals surface area contributed by atoms with Crippen molar-refractivity contribution in [2.75, 3.05) is 5.32 Å². The summed E-state index contributed by atoms with van der Waals surface area (Å²) in [6.45, 7) is 1.92. The summed E-state index contributed by atoms with van der Waals surface area (Å²) in [7, 11) is 0. The minimum absolute atomic E-state index is 0.0572. The van der Waals surface area contributed by atoms with Crippen LogP contribution in [0.4, 0.5) is 5.69 Å². The summed E-state index contributed by atoms with van der Waals surface area (Å²) < 4.78 is 0. The molecule has 0 aliphatic carbocycles. The van der Waals surface area contributed by atoms with E-state index < -0.39 is 0 Å². The molecule has 0 spiro atoms. The number of hydrogen-bond acceptors (Lipinski definition) is 2. The van der Waals surface area contributed by atoms with Crippen molar-refractivity contribution in [1.82, 2.24) is 0 Å². The smallest absolute Gasteiger partial charge is 0.259 e. The van der Waals surface area contributed by atoms with Crippen LogP contribution in [0, 0.1) is 6.92 Å². The van der Waals surface area contributed by atoms with E-state index in [0.29, 0.717) is 10.7 Å². The second kappa shape index (κ2) is 5.10. The molecule has 0 saturated heterocycles. The molecule has 0 saturated carbocycles. The third-order valence-electron chi connectivity index (χ3n) is 2.52. The Balaban J connectivity index is 2.24. The Morgan fingerprint density at radius 1 is 1.22 bits per heavy atom. The zero-order chi connectivity index (χ0) is 13.1. The first-order valence-corrected chi connectivity index (χ1v) is 5.81. The van der Waals surface area contributed by atoms with Crippen LogP contribution in [0.5, 0.6) is 5.75 Å². The van der Waals surface area contributed by atoms with Crippen molar-refractivity contribution in [3.8, 4) is 5.75 Å². The maximum atomic E-state index is 11.9. The molecule has 0 aliphatic heterocycles. The van der Waals surface area contributed by atoms with E-state index in [1.54, 1.807) is 30.3 Å². The molecular weight excluding hydrogens is 250 g/mol. The first kappa shape index (κ1) is 12.5. The van der Waals surface area contributed by atoms with Crippen molar-refractivity contribution >= 4 is 23.2 Å². The number of phenols is 1. The molecule has 2 aromatic carbocycles. The van der Waals surface area contributed by atoms with E-state index in [9.17, 15) is 9.90 Å². The van der Waals surface area contributed by atoms with E-state index in [4.69, 9.17) is 11.6 Å². The Kier molecular flexibility index (Phi) is 3.53. The van der Waals surface area contributed by atoms with Crippen LogP contribution < -0.4 is 5.32 Å². The van der Waals surface area contributed by atoms with Crippen molar-refractivity contribution in [1.29, 1.82) is 0 Å². The van der Waals surface area contributed by atoms with E-state index in [-0.39, 0.29) is 17.2 Å². The van der Waals surface area contributed by atoms with Gasteiger partial charge in [-0.25, -0.2) is 0 Å². The summed E-state index contributed by atoms with van der Waals surface area (Å²) in [5.41, 5.74) is 1.75. The maximum absolute atomic E-state index is 11.9. The lowest BCUT2D eigenvalue weighted by Crippen LogP contribution is -2.12. The third-order valence-corrected chi connectivity index (χ3v) is 2.83. The fourth-order valence-corrected chi connectivity index (χ4v) is 1.86. The van der Waals surface area contributed by atoms with Crippen molar-refractivity contribution in [2.24, 2.45) is 0 Å². The molecule has 3 nitrogen and oxygen atoms in total. The second-order valence-electron chi connectivity index (χ2n) is 3.95. The molecular formula is C14H12ClNO2. The first-order chi connectivity index (χ1) is 8.58. The summed E-state index contributed by atoms with van der Waals surface area (Å²) in [6, 6.07) is 11.7. The molecule has 18 heavy (non-hydrogen) atoms. The number of nitrogens with one attached hydrogen (secondary N) is 1. The van der Waals surface area contributed by atoms with Gasteiger partial charge in [0, 0.05) is 0 Å². The highest BCUT2D eigenvalue weighted by molar-refractivity contribution is 6.34. The van der Waals surface area contributed by atoms with E-state index >= 15 is 0 Å². The van der Waals surface area contributed by atoms with Gasteiger partial charge in [0.25, 0.3) is 5.91 Å². The molecule has 1 amide bonds. The van der Waals surface area contributed by atoms with Gasteiger partial charge in [0.2, 0.25) is 0 Å². The van der Waals surface area contributed by atoms with Gasteiger partial charge in [-0.05, 0) is 36.8 Å². The first-order valence-electron chi connectivity index (χ1n) is 5.43. The molecule has 0 heterocycles. The molecule has 0 atom stereocenters. The number of aryl methyl sites for hydroxylation is 1. The van der Waals surface area contributed by atoms with Crippen LogP contribution in [0.3, 0.4) is 0 Å². The average molecular weight is 262 g/mol. The summed E-state index contributed by atoms with van der Waals surface area (Å²) in [6.07, 6.45) is 0. The number of anilines is 1. The molecule has 0 unspecified atom stereocenters. The van der Waals surface area contributed by atoms with Crippen LogP contribution in [-0.2, 0) is 0 Å². The standard InChI is InChI=1S/C14H12ClNO2/c1-9-6-7-12(11(15)8-9)16-14(18)10-4-2-3-5-13(10)17/h2-8,17H,1H3,(H,16,18). The van der Waals surface area contributed by atoms with E-state index in [0.717, 1.165) is 5.56 Å². The van der Waals surface area contributed by atoms with Gasteiger partial charge >= 0.3 is 0 Å². The van der Waals surface area contributed by atoms with Crippen LogP contribution >= 0.6 is 11.6 Å². The third kappa shape index (κ3) is 2.63. The van der Waals surface area contributed by atoms with E-state index in [2.05, 4.69) is 5.32 Å². The van der Waals surface area contributed by atoms with Crippen LogP contribution in [0.1, 0.15) is 15.9 Å². The minimum atomic E-state index is -0.390. The monoisotopic (exact) mass is 261 g/mol. The van der Waals surface area contributed by atoms with Gasteiger partial charge in [-0.1, -0.05) is 29.8 Å². The molecule has 2 N–H and O–H groups in total. The SMILES string of the molecule is Cc1ccc(NC(=O)c2ccccc2O)c(Cl)c1. The Bertz CT molecular complexity index is 596. The van der Waals surface area contributed by atoms with Gasteiger partial charge in [-0.2, -0.15) is 0 Å². The number of carbonyl (C=O) groups excluding carboxylic acids is 1. The predicted octanol–water partition coefficient (Wildman–Crippen LogP) is 3.61. The van der Waals surface area contributed by atoms with Crippen molar-refractivity contribution in [3.63, 3.8) is 0 Å². The van der Waals surface area contributed by atoms with Gasteiger partial charge in [0.1, 0.15) is 5.75 Å². The van der Waals surface area contributed by atoms with Gasteiger partial charge in [0.05, 0.1) is 16.3 Å². The topological polar surface area (TPSA) is 49.3 Å². The normalized spacial score (nSPS) is 10.1. The molecule has 0 bridgehead atoms. The Morgan fingerprint density at radius 2 is 1.94 bits per heavy atom. The lowest BCUT2D eigenvalue weighted by Gasteiger charge is -2.08. The molecule has 0 aliphatic rings. The van der Waals surface area contributed by atoms with Crippen molar-refractivity contribution < 1.29 is 9.90 Å². The van der Waals surface area contributed by atoms with E-state index in [1.807, 2.05) is 13.0 Å². The highest BCUT2D eigenvalue weighted by atomic mass is 35.5. The molecule has 2 aromatic rings. The van der Waals surface area contributed by atoms with Crippen LogP contribution in [-0.4, -0.2) is 11.0 Å². The number of phenolic OH excluding ortho intramolecular Hbond substituents is 1. The van der Waals surface area contributed by atoms with Gasteiger partial charge in [-0.3, -0.25) is 4.79 Å². The number of amides is 1.